The van der Waals surface area contributed by atoms with E-state index in [1.54, 1.807) is 0 Å². The topological polar surface area (TPSA) is 91.4 Å². The zero-order valence-electron chi connectivity index (χ0n) is 13.5. The van der Waals surface area contributed by atoms with Crippen LogP contribution < -0.4 is 10.6 Å². The van der Waals surface area contributed by atoms with E-state index in [0.29, 0.717) is 25.3 Å². The van der Waals surface area contributed by atoms with E-state index in [1.807, 2.05) is 0 Å². The van der Waals surface area contributed by atoms with Gasteiger partial charge in [-0.1, -0.05) is 0 Å². The number of hydrogen-bond donors (Lipinski definition) is 2. The van der Waals surface area contributed by atoms with Crippen LogP contribution in [0.25, 0.3) is 0 Å². The van der Waals surface area contributed by atoms with Crippen LogP contribution in [0.3, 0.4) is 0 Å². The minimum absolute atomic E-state index is 0.252. The number of nitrogens with one attached hydrogen (secondary N) is 2. The van der Waals surface area contributed by atoms with Crippen LogP contribution >= 0.6 is 0 Å². The van der Waals surface area contributed by atoms with Crippen molar-refractivity contribution < 1.29 is 26.4 Å². The van der Waals surface area contributed by atoms with Crippen molar-refractivity contribution in [2.45, 2.75) is 24.3 Å². The molecule has 1 aromatic rings. The van der Waals surface area contributed by atoms with Crippen LogP contribution in [-0.2, 0) is 21.0 Å². The van der Waals surface area contributed by atoms with Crippen molar-refractivity contribution in [1.29, 1.82) is 0 Å². The summed E-state index contributed by atoms with van der Waals surface area (Å²) in [6.07, 6.45) is -2.95. The number of carbonyl (C=O) groups is 1. The molecule has 2 rings (SSSR count). The number of alkyl halides is 3. The Morgan fingerprint density at radius 1 is 1.36 bits per heavy atom. The number of pyridine rings is 1. The van der Waals surface area contributed by atoms with Crippen molar-refractivity contribution in [3.8, 4) is 0 Å². The molecule has 1 aliphatic heterocycles. The number of nitrogens with zero attached hydrogens (tertiary/aromatic N) is 2. The molecule has 1 aliphatic rings. The lowest BCUT2D eigenvalue weighted by Crippen LogP contribution is -2.40. The summed E-state index contributed by atoms with van der Waals surface area (Å²) in [5.41, 5.74) is -0.826. The highest BCUT2D eigenvalue weighted by Crippen LogP contribution is 2.28. The van der Waals surface area contributed by atoms with Gasteiger partial charge in [0, 0.05) is 32.9 Å². The molecule has 25 heavy (non-hydrogen) atoms. The molecule has 1 fully saturated rings. The first-order valence-corrected chi connectivity index (χ1v) is 9.12. The maximum Gasteiger partial charge on any atom is 0.417 e. The molecule has 0 aromatic carbocycles. The lowest BCUT2D eigenvalue weighted by molar-refractivity contribution is -0.137. The molecule has 2 N–H and O–H groups in total. The zero-order chi connectivity index (χ0) is 18.7. The summed E-state index contributed by atoms with van der Waals surface area (Å²) >= 11 is 0. The normalized spacial score (nSPS) is 20.4. The molecule has 1 saturated heterocycles. The van der Waals surface area contributed by atoms with Gasteiger partial charge in [-0.15, -0.1) is 0 Å². The van der Waals surface area contributed by atoms with Crippen LogP contribution in [0.2, 0.25) is 0 Å². The van der Waals surface area contributed by atoms with Gasteiger partial charge in [-0.25, -0.2) is 17.7 Å². The molecule has 7 nitrogen and oxygen atoms in total. The second-order valence-corrected chi connectivity index (χ2v) is 7.87. The van der Waals surface area contributed by atoms with Crippen LogP contribution in [0.5, 0.6) is 0 Å². The quantitative estimate of drug-likeness (QED) is 0.720. The molecular weight excluding hydrogens is 361 g/mol. The summed E-state index contributed by atoms with van der Waals surface area (Å²) in [7, 11) is -2.13. The fraction of sp³-hybridized carbons (Fsp3) is 0.571. The number of sulfonamides is 1. The SMILES string of the molecule is CN1CCC(C(=O)NCCCNc2ccc(C(F)(F)F)cn2)S1(=O)=O. The van der Waals surface area contributed by atoms with Gasteiger partial charge in [0.05, 0.1) is 5.56 Å². The number of carbonyl (C=O) groups excluding carboxylic acids is 1. The third kappa shape index (κ3) is 4.82. The molecule has 0 spiro atoms. The highest BCUT2D eigenvalue weighted by atomic mass is 32.2. The van der Waals surface area contributed by atoms with E-state index in [1.165, 1.54) is 13.1 Å². The number of aromatic nitrogens is 1. The summed E-state index contributed by atoms with van der Waals surface area (Å²) < 4.78 is 62.1. The van der Waals surface area contributed by atoms with Gasteiger partial charge in [0.1, 0.15) is 5.82 Å². The van der Waals surface area contributed by atoms with Crippen LogP contribution in [0.4, 0.5) is 19.0 Å². The second-order valence-electron chi connectivity index (χ2n) is 5.65. The van der Waals surface area contributed by atoms with E-state index in [4.69, 9.17) is 0 Å². The second kappa shape index (κ2) is 7.56. The third-order valence-electron chi connectivity index (χ3n) is 3.84. The van der Waals surface area contributed by atoms with Crippen LogP contribution in [-0.4, -0.2) is 55.5 Å². The van der Waals surface area contributed by atoms with Gasteiger partial charge in [0.2, 0.25) is 15.9 Å². The average Bonchev–Trinajstić information content (AvgIpc) is 2.80. The van der Waals surface area contributed by atoms with Crippen molar-refractivity contribution in [2.24, 2.45) is 0 Å². The Labute approximate surface area is 143 Å². The van der Waals surface area contributed by atoms with Crippen molar-refractivity contribution >= 4 is 21.7 Å². The first-order chi connectivity index (χ1) is 11.6. The van der Waals surface area contributed by atoms with Crippen molar-refractivity contribution in [3.05, 3.63) is 23.9 Å². The molecule has 0 bridgehead atoms. The fourth-order valence-electron chi connectivity index (χ4n) is 2.36. The Kier molecular flexibility index (Phi) is 5.88. The monoisotopic (exact) mass is 380 g/mol. The highest BCUT2D eigenvalue weighted by molar-refractivity contribution is 7.90. The predicted octanol–water partition coefficient (Wildman–Crippen LogP) is 1.05. The van der Waals surface area contributed by atoms with Gasteiger partial charge in [-0.2, -0.15) is 13.2 Å². The molecule has 1 atom stereocenters. The van der Waals surface area contributed by atoms with Crippen LogP contribution in [0, 0.1) is 0 Å². The molecule has 1 amide bonds. The lowest BCUT2D eigenvalue weighted by atomic mass is 10.2. The van der Waals surface area contributed by atoms with Gasteiger partial charge in [0.25, 0.3) is 0 Å². The fourth-order valence-corrected chi connectivity index (χ4v) is 3.91. The van der Waals surface area contributed by atoms with E-state index in [2.05, 4.69) is 15.6 Å². The number of halogens is 3. The minimum Gasteiger partial charge on any atom is -0.370 e. The van der Waals surface area contributed by atoms with E-state index >= 15 is 0 Å². The van der Waals surface area contributed by atoms with Gasteiger partial charge >= 0.3 is 6.18 Å². The largest absolute Gasteiger partial charge is 0.417 e. The molecule has 1 unspecified atom stereocenters. The third-order valence-corrected chi connectivity index (χ3v) is 6.06. The summed E-state index contributed by atoms with van der Waals surface area (Å²) in [4.78, 5) is 15.6. The van der Waals surface area contributed by atoms with E-state index < -0.39 is 32.9 Å². The standard InChI is InChI=1S/C14H19F3N4O3S/c1-21-8-5-11(25(21,23)24)13(22)19-7-2-6-18-12-4-3-10(9-20-12)14(15,16)17/h3-4,9,11H,2,5-8H2,1H3,(H,18,20)(H,19,22). The Morgan fingerprint density at radius 3 is 2.60 bits per heavy atom. The Hall–Kier alpha value is -1.88. The summed E-state index contributed by atoms with van der Waals surface area (Å²) in [5, 5.41) is 4.34. The number of hydrogen-bond acceptors (Lipinski definition) is 5. The van der Waals surface area contributed by atoms with Crippen LogP contribution in [0.1, 0.15) is 18.4 Å². The lowest BCUT2D eigenvalue weighted by Gasteiger charge is -2.13. The van der Waals surface area contributed by atoms with Crippen LogP contribution in [0.15, 0.2) is 18.3 Å². The Balaban J connectivity index is 1.71. The van der Waals surface area contributed by atoms with Gasteiger partial charge < -0.3 is 10.6 Å². The molecule has 11 heteroatoms. The minimum atomic E-state index is -4.43. The molecule has 0 radical (unpaired) electrons. The van der Waals surface area contributed by atoms with Crippen molar-refractivity contribution in [3.63, 3.8) is 0 Å². The molecule has 2 heterocycles. The van der Waals surface area contributed by atoms with E-state index in [0.717, 1.165) is 16.6 Å². The summed E-state index contributed by atoms with van der Waals surface area (Å²) in [6, 6.07) is 2.15. The molecule has 1 aromatic heterocycles. The van der Waals surface area contributed by atoms with E-state index in [9.17, 15) is 26.4 Å². The Morgan fingerprint density at radius 2 is 2.08 bits per heavy atom. The Bertz CT molecular complexity index is 707. The zero-order valence-corrected chi connectivity index (χ0v) is 14.3. The van der Waals surface area contributed by atoms with Crippen molar-refractivity contribution in [2.75, 3.05) is 32.0 Å². The summed E-state index contributed by atoms with van der Waals surface area (Å²) in [5.74, 6) is -0.240. The van der Waals surface area contributed by atoms with Gasteiger partial charge in [0.15, 0.2) is 5.25 Å². The number of amides is 1. The first-order valence-electron chi connectivity index (χ1n) is 7.62. The number of rotatable bonds is 6. The summed E-state index contributed by atoms with van der Waals surface area (Å²) in [6.45, 7) is 0.944. The molecule has 0 aliphatic carbocycles. The predicted molar refractivity (Wildman–Crippen MR) is 85.3 cm³/mol. The number of anilines is 1. The maximum atomic E-state index is 12.4. The van der Waals surface area contributed by atoms with E-state index in [-0.39, 0.29) is 13.0 Å². The van der Waals surface area contributed by atoms with Crippen molar-refractivity contribution in [1.82, 2.24) is 14.6 Å². The maximum absolute atomic E-state index is 12.4. The highest BCUT2D eigenvalue weighted by Gasteiger charge is 2.41. The average molecular weight is 380 g/mol. The van der Waals surface area contributed by atoms with Gasteiger partial charge in [-0.3, -0.25) is 4.79 Å². The first kappa shape index (κ1) is 19.4. The smallest absolute Gasteiger partial charge is 0.370 e. The molecule has 140 valence electrons. The molecule has 0 saturated carbocycles. The molecular formula is C14H19F3N4O3S. The van der Waals surface area contributed by atoms with Gasteiger partial charge in [-0.05, 0) is 25.0 Å².